The van der Waals surface area contributed by atoms with Gasteiger partial charge in [-0.1, -0.05) is 133 Å². The topological polar surface area (TPSA) is 96.1 Å². The van der Waals surface area contributed by atoms with Gasteiger partial charge in [-0.25, -0.2) is 15.0 Å². The molecule has 0 aliphatic rings. The predicted octanol–water partition coefficient (Wildman–Crippen LogP) is 17.2. The van der Waals surface area contributed by atoms with Gasteiger partial charge in [0.05, 0.1) is 56.7 Å². The number of nitrogens with zero attached hydrogens (tertiary/aromatic N) is 7. The van der Waals surface area contributed by atoms with E-state index in [9.17, 15) is 10.5 Å². The molecule has 15 rings (SSSR count). The molecule has 0 saturated heterocycles. The summed E-state index contributed by atoms with van der Waals surface area (Å²) >= 11 is 3.64. The number of thiophene rings is 2. The van der Waals surface area contributed by atoms with E-state index in [0.29, 0.717) is 28.6 Å². The lowest BCUT2D eigenvalue weighted by Crippen LogP contribution is -2.06. The minimum Gasteiger partial charge on any atom is -0.308 e. The van der Waals surface area contributed by atoms with Gasteiger partial charge in [-0.3, -0.25) is 0 Å². The second-order valence-electron chi connectivity index (χ2n) is 18.5. The van der Waals surface area contributed by atoms with E-state index in [2.05, 4.69) is 161 Å². The fourth-order valence-electron chi connectivity index (χ4n) is 11.1. The van der Waals surface area contributed by atoms with Crippen molar-refractivity contribution in [3.8, 4) is 68.8 Å². The van der Waals surface area contributed by atoms with Crippen LogP contribution in [0.1, 0.15) is 11.1 Å². The molecular weight excluding hydrogens is 943 g/mol. The van der Waals surface area contributed by atoms with Crippen molar-refractivity contribution in [3.63, 3.8) is 0 Å². The van der Waals surface area contributed by atoms with Gasteiger partial charge in [0.15, 0.2) is 17.5 Å². The maximum Gasteiger partial charge on any atom is 0.166 e. The molecule has 0 saturated carbocycles. The van der Waals surface area contributed by atoms with Crippen LogP contribution in [-0.4, -0.2) is 24.1 Å². The molecule has 0 amide bonds. The Hall–Kier alpha value is -9.77. The van der Waals surface area contributed by atoms with E-state index >= 15 is 0 Å². The van der Waals surface area contributed by atoms with Gasteiger partial charge in [0.25, 0.3) is 0 Å². The molecule has 15 aromatic rings. The van der Waals surface area contributed by atoms with Crippen molar-refractivity contribution in [1.29, 1.82) is 10.5 Å². The molecule has 5 aromatic heterocycles. The van der Waals surface area contributed by atoms with E-state index in [-0.39, 0.29) is 0 Å². The number of nitriles is 2. The van der Waals surface area contributed by atoms with Gasteiger partial charge < -0.3 is 9.13 Å². The maximum absolute atomic E-state index is 10.5. The predicted molar refractivity (Wildman–Crippen MR) is 305 cm³/mol. The Balaban J connectivity index is 1.02. The molecule has 0 unspecified atom stereocenters. The van der Waals surface area contributed by atoms with Crippen molar-refractivity contribution in [3.05, 3.63) is 223 Å². The van der Waals surface area contributed by atoms with Crippen molar-refractivity contribution in [2.45, 2.75) is 0 Å². The highest BCUT2D eigenvalue weighted by atomic mass is 32.1. The monoisotopic (exact) mass is 977 g/mol. The minimum absolute atomic E-state index is 0.471. The van der Waals surface area contributed by atoms with E-state index in [0.717, 1.165) is 72.0 Å². The molecule has 0 aliphatic carbocycles. The number of aromatic nitrogens is 5. The molecule has 0 atom stereocenters. The molecule has 0 spiro atoms. The lowest BCUT2D eigenvalue weighted by molar-refractivity contribution is 1.06. The van der Waals surface area contributed by atoms with E-state index < -0.39 is 0 Å². The first-order valence-corrected chi connectivity index (χ1v) is 25.9. The van der Waals surface area contributed by atoms with Crippen LogP contribution in [-0.2, 0) is 0 Å². The Morgan fingerprint density at radius 1 is 0.338 bits per heavy atom. The molecule has 0 radical (unpaired) electrons. The first-order valence-electron chi connectivity index (χ1n) is 24.3. The third-order valence-corrected chi connectivity index (χ3v) is 16.9. The highest BCUT2D eigenvalue weighted by molar-refractivity contribution is 7.27. The number of benzene rings is 10. The van der Waals surface area contributed by atoms with Crippen molar-refractivity contribution in [2.75, 3.05) is 0 Å². The summed E-state index contributed by atoms with van der Waals surface area (Å²) in [5, 5.41) is 29.8. The largest absolute Gasteiger partial charge is 0.308 e. The Kier molecular flexibility index (Phi) is 9.29. The fraction of sp³-hybridized carbons (Fsp3) is 0. The molecule has 9 heteroatoms. The first-order chi connectivity index (χ1) is 36.6. The molecule has 10 aromatic carbocycles. The first kappa shape index (κ1) is 42.0. The molecule has 5 heterocycles. The van der Waals surface area contributed by atoms with Crippen LogP contribution in [0, 0.1) is 22.7 Å². The van der Waals surface area contributed by atoms with E-state index in [1.54, 1.807) is 0 Å². The smallest absolute Gasteiger partial charge is 0.166 e. The van der Waals surface area contributed by atoms with Gasteiger partial charge in [-0.05, 0) is 90.0 Å². The third-order valence-electron chi connectivity index (χ3n) is 14.5. The van der Waals surface area contributed by atoms with Crippen LogP contribution in [0.25, 0.3) is 141 Å². The second-order valence-corrected chi connectivity index (χ2v) is 20.6. The van der Waals surface area contributed by atoms with Crippen LogP contribution in [0.2, 0.25) is 0 Å². The number of para-hydroxylation sites is 2. The summed E-state index contributed by atoms with van der Waals surface area (Å²) in [6.45, 7) is 0. The van der Waals surface area contributed by atoms with E-state index in [4.69, 9.17) is 15.0 Å². The average molecular weight is 978 g/mol. The lowest BCUT2D eigenvalue weighted by Gasteiger charge is -2.18. The van der Waals surface area contributed by atoms with Crippen LogP contribution in [0.3, 0.4) is 0 Å². The zero-order chi connectivity index (χ0) is 49.0. The summed E-state index contributed by atoms with van der Waals surface area (Å²) in [6.07, 6.45) is 0. The normalized spacial score (nSPS) is 11.8. The maximum atomic E-state index is 10.5. The van der Waals surface area contributed by atoms with Gasteiger partial charge in [-0.2, -0.15) is 10.5 Å². The summed E-state index contributed by atoms with van der Waals surface area (Å²) in [5.41, 5.74) is 11.3. The average Bonchev–Trinajstić information content (AvgIpc) is 4.28. The van der Waals surface area contributed by atoms with Crippen molar-refractivity contribution in [2.24, 2.45) is 0 Å². The molecule has 0 aliphatic heterocycles. The SMILES string of the molecule is N#Cc1ccc(-c2ccc(-c3nc(-c4ccccc4)nc(-c4ccc(C#N)cc4-n4c5ccccc5c5c6sc7ccccc7c6ccc54)n3)c(-n3c4ccccc4c4c5sc6ccccc6c5ccc43)c2)cc1. The number of hydrogen-bond acceptors (Lipinski definition) is 7. The summed E-state index contributed by atoms with van der Waals surface area (Å²) in [4.78, 5) is 16.3. The van der Waals surface area contributed by atoms with Crippen LogP contribution >= 0.6 is 22.7 Å². The molecular formula is C65H35N7S2. The van der Waals surface area contributed by atoms with E-state index in [1.165, 1.54) is 51.1 Å². The molecule has 0 bridgehead atoms. The van der Waals surface area contributed by atoms with Gasteiger partial charge in [0.2, 0.25) is 0 Å². The van der Waals surface area contributed by atoms with Crippen molar-refractivity contribution in [1.82, 2.24) is 24.1 Å². The molecule has 0 N–H and O–H groups in total. The van der Waals surface area contributed by atoms with Gasteiger partial charge in [0, 0.05) is 78.6 Å². The minimum atomic E-state index is 0.471. The Labute approximate surface area is 431 Å². The van der Waals surface area contributed by atoms with Crippen LogP contribution < -0.4 is 0 Å². The van der Waals surface area contributed by atoms with Crippen molar-refractivity contribution >= 4 is 107 Å². The quantitative estimate of drug-likeness (QED) is 0.165. The Bertz CT molecular complexity index is 4930. The van der Waals surface area contributed by atoms with Gasteiger partial charge in [0.1, 0.15) is 0 Å². The number of rotatable bonds is 6. The third kappa shape index (κ3) is 6.31. The molecule has 342 valence electrons. The van der Waals surface area contributed by atoms with Gasteiger partial charge in [-0.15, -0.1) is 22.7 Å². The lowest BCUT2D eigenvalue weighted by atomic mass is 10.00. The Morgan fingerprint density at radius 3 is 1.36 bits per heavy atom. The summed E-state index contributed by atoms with van der Waals surface area (Å²) in [6, 6.07) is 78.2. The van der Waals surface area contributed by atoms with Crippen LogP contribution in [0.15, 0.2) is 212 Å². The van der Waals surface area contributed by atoms with Crippen LogP contribution in [0.5, 0.6) is 0 Å². The number of hydrogen-bond donors (Lipinski definition) is 0. The fourth-order valence-corrected chi connectivity index (χ4v) is 13.6. The molecule has 0 fully saturated rings. The summed E-state index contributed by atoms with van der Waals surface area (Å²) in [5.74, 6) is 1.48. The van der Waals surface area contributed by atoms with Crippen LogP contribution in [0.4, 0.5) is 0 Å². The zero-order valence-corrected chi connectivity index (χ0v) is 40.8. The standard InChI is InChI=1S/C65H35N7S2/c66-36-38-22-25-40(26-23-38)42-27-29-50(56(35-42)72-52-19-9-5-17-48(52)60-54(72)33-31-46-44-15-7-11-21-58(44)74-62(46)60)65-69-63(41-12-2-1-3-13-41)68-64(70-65)49-28-24-39(37-67)34-55(49)71-51-18-8-4-16-47(51)59-53(71)32-30-45-43-14-6-10-20-57(43)73-61(45)59/h1-35H. The zero-order valence-electron chi connectivity index (χ0n) is 39.2. The molecule has 7 nitrogen and oxygen atoms in total. The van der Waals surface area contributed by atoms with E-state index in [1.807, 2.05) is 95.5 Å². The highest BCUT2D eigenvalue weighted by Crippen LogP contribution is 2.47. The second kappa shape index (κ2) is 16.4. The highest BCUT2D eigenvalue weighted by Gasteiger charge is 2.25. The van der Waals surface area contributed by atoms with Crippen molar-refractivity contribution < 1.29 is 0 Å². The summed E-state index contributed by atoms with van der Waals surface area (Å²) in [7, 11) is 0. The van der Waals surface area contributed by atoms with Gasteiger partial charge >= 0.3 is 0 Å². The molecule has 74 heavy (non-hydrogen) atoms. The summed E-state index contributed by atoms with van der Waals surface area (Å²) < 4.78 is 9.59. The Morgan fingerprint density at radius 2 is 0.797 bits per heavy atom. The number of fused-ring (bicyclic) bond motifs is 14.